The Morgan fingerprint density at radius 1 is 1.42 bits per heavy atom. The number of hydrogen-bond acceptors (Lipinski definition) is 4. The van der Waals surface area contributed by atoms with Crippen molar-refractivity contribution in [2.45, 2.75) is 12.8 Å². The average Bonchev–Trinajstić information content (AvgIpc) is 2.82. The third-order valence-electron chi connectivity index (χ3n) is 3.09. The van der Waals surface area contributed by atoms with Crippen LogP contribution in [0.3, 0.4) is 0 Å². The predicted octanol–water partition coefficient (Wildman–Crippen LogP) is 1.83. The molecule has 2 rings (SSSR count). The number of nitrogens with zero attached hydrogens (tertiary/aromatic N) is 2. The molecular weight excluding hydrogens is 242 g/mol. The molecule has 0 aliphatic carbocycles. The van der Waals surface area contributed by atoms with E-state index in [4.69, 9.17) is 10.5 Å². The minimum atomic E-state index is 0.0117. The molecule has 5 heteroatoms. The fourth-order valence-electron chi connectivity index (χ4n) is 1.93. The predicted molar refractivity (Wildman–Crippen MR) is 73.3 cm³/mol. The lowest BCUT2D eigenvalue weighted by molar-refractivity contribution is 0.0983. The number of carbonyl (C=O) groups is 1. The summed E-state index contributed by atoms with van der Waals surface area (Å²) < 4.78 is 6.87. The normalized spacial score (nSPS) is 10.4. The van der Waals surface area contributed by atoms with Crippen LogP contribution in [0.5, 0.6) is 5.75 Å². The van der Waals surface area contributed by atoms with E-state index in [1.807, 2.05) is 13.1 Å². The van der Waals surface area contributed by atoms with Gasteiger partial charge in [0.25, 0.3) is 0 Å². The van der Waals surface area contributed by atoms with Crippen LogP contribution in [-0.4, -0.2) is 22.7 Å². The number of hydrogen-bond donors (Lipinski definition) is 1. The number of benzene rings is 1. The van der Waals surface area contributed by atoms with Gasteiger partial charge in [0.2, 0.25) is 0 Å². The highest BCUT2D eigenvalue weighted by Gasteiger charge is 2.12. The second-order valence-electron chi connectivity index (χ2n) is 4.32. The standard InChI is InChI=1S/C14H17N3O2/c1-17-10(7-8-16-17)3-6-14(18)12-9-11(19-2)4-5-13(12)15/h4-5,7-9H,3,6,15H2,1-2H3. The fraction of sp³-hybridized carbons (Fsp3) is 0.286. The summed E-state index contributed by atoms with van der Waals surface area (Å²) in [5.41, 5.74) is 7.85. The Bertz CT molecular complexity index is 590. The van der Waals surface area contributed by atoms with E-state index in [1.54, 1.807) is 36.2 Å². The van der Waals surface area contributed by atoms with E-state index in [9.17, 15) is 4.79 Å². The Morgan fingerprint density at radius 3 is 2.84 bits per heavy atom. The summed E-state index contributed by atoms with van der Waals surface area (Å²) in [4.78, 5) is 12.2. The molecule has 2 aromatic rings. The van der Waals surface area contributed by atoms with Crippen molar-refractivity contribution < 1.29 is 9.53 Å². The van der Waals surface area contributed by atoms with Gasteiger partial charge in [-0.05, 0) is 30.7 Å². The van der Waals surface area contributed by atoms with Gasteiger partial charge < -0.3 is 10.5 Å². The topological polar surface area (TPSA) is 70.1 Å². The largest absolute Gasteiger partial charge is 0.497 e. The van der Waals surface area contributed by atoms with Crippen LogP contribution in [0.25, 0.3) is 0 Å². The van der Waals surface area contributed by atoms with Crippen LogP contribution in [0.4, 0.5) is 5.69 Å². The first-order chi connectivity index (χ1) is 9.11. The van der Waals surface area contributed by atoms with Gasteiger partial charge in [-0.25, -0.2) is 0 Å². The molecule has 0 unspecified atom stereocenters. The number of anilines is 1. The van der Waals surface area contributed by atoms with E-state index in [0.29, 0.717) is 29.8 Å². The molecule has 0 saturated carbocycles. The van der Waals surface area contributed by atoms with E-state index in [2.05, 4.69) is 5.10 Å². The molecule has 1 aromatic carbocycles. The molecule has 0 aliphatic heterocycles. The summed E-state index contributed by atoms with van der Waals surface area (Å²) in [6, 6.07) is 7.02. The van der Waals surface area contributed by atoms with Gasteiger partial charge in [-0.3, -0.25) is 9.48 Å². The molecule has 100 valence electrons. The molecule has 0 radical (unpaired) electrons. The molecule has 0 bridgehead atoms. The molecule has 0 atom stereocenters. The maximum absolute atomic E-state index is 12.2. The van der Waals surface area contributed by atoms with Gasteiger partial charge in [-0.15, -0.1) is 0 Å². The van der Waals surface area contributed by atoms with E-state index in [0.717, 1.165) is 5.69 Å². The average molecular weight is 259 g/mol. The van der Waals surface area contributed by atoms with Gasteiger partial charge >= 0.3 is 0 Å². The second-order valence-corrected chi connectivity index (χ2v) is 4.32. The number of rotatable bonds is 5. The van der Waals surface area contributed by atoms with E-state index >= 15 is 0 Å². The first-order valence-corrected chi connectivity index (χ1v) is 6.05. The molecule has 2 N–H and O–H groups in total. The van der Waals surface area contributed by atoms with Crippen LogP contribution in [-0.2, 0) is 13.5 Å². The first kappa shape index (κ1) is 13.1. The highest BCUT2D eigenvalue weighted by molar-refractivity contribution is 6.01. The van der Waals surface area contributed by atoms with Gasteiger partial charge in [-0.2, -0.15) is 5.10 Å². The zero-order chi connectivity index (χ0) is 13.8. The molecule has 0 saturated heterocycles. The fourth-order valence-corrected chi connectivity index (χ4v) is 1.93. The third-order valence-corrected chi connectivity index (χ3v) is 3.09. The summed E-state index contributed by atoms with van der Waals surface area (Å²) >= 11 is 0. The number of Topliss-reactive ketones (excluding diaryl/α,β-unsaturated/α-hetero) is 1. The number of methoxy groups -OCH3 is 1. The zero-order valence-corrected chi connectivity index (χ0v) is 11.1. The Labute approximate surface area is 112 Å². The quantitative estimate of drug-likeness (QED) is 0.657. The van der Waals surface area contributed by atoms with Crippen LogP contribution in [0.2, 0.25) is 0 Å². The molecule has 5 nitrogen and oxygen atoms in total. The molecule has 0 spiro atoms. The van der Waals surface area contributed by atoms with Crippen molar-refractivity contribution in [1.82, 2.24) is 9.78 Å². The van der Waals surface area contributed by atoms with E-state index < -0.39 is 0 Å². The van der Waals surface area contributed by atoms with Crippen molar-refractivity contribution in [3.8, 4) is 5.75 Å². The maximum Gasteiger partial charge on any atom is 0.165 e. The zero-order valence-electron chi connectivity index (χ0n) is 11.1. The minimum absolute atomic E-state index is 0.0117. The van der Waals surface area contributed by atoms with Crippen LogP contribution in [0, 0.1) is 0 Å². The molecule has 19 heavy (non-hydrogen) atoms. The Kier molecular flexibility index (Phi) is 3.85. The Hall–Kier alpha value is -2.30. The number of ketones is 1. The van der Waals surface area contributed by atoms with E-state index in [1.165, 1.54) is 0 Å². The number of ether oxygens (including phenoxy) is 1. The summed E-state index contributed by atoms with van der Waals surface area (Å²) in [5, 5.41) is 4.07. The lowest BCUT2D eigenvalue weighted by atomic mass is 10.0. The summed E-state index contributed by atoms with van der Waals surface area (Å²) in [6.45, 7) is 0. The summed E-state index contributed by atoms with van der Waals surface area (Å²) in [6.07, 6.45) is 2.77. The van der Waals surface area contributed by atoms with Gasteiger partial charge in [-0.1, -0.05) is 0 Å². The van der Waals surface area contributed by atoms with Gasteiger partial charge in [0.05, 0.1) is 7.11 Å². The van der Waals surface area contributed by atoms with Crippen molar-refractivity contribution in [3.05, 3.63) is 41.7 Å². The maximum atomic E-state index is 12.2. The second kappa shape index (κ2) is 5.56. The Balaban J connectivity index is 2.10. The third kappa shape index (κ3) is 2.93. The number of aryl methyl sites for hydroxylation is 2. The lowest BCUT2D eigenvalue weighted by Gasteiger charge is -2.07. The van der Waals surface area contributed by atoms with Gasteiger partial charge in [0.1, 0.15) is 5.75 Å². The van der Waals surface area contributed by atoms with Crippen LogP contribution in [0.15, 0.2) is 30.5 Å². The van der Waals surface area contributed by atoms with Crippen LogP contribution < -0.4 is 10.5 Å². The SMILES string of the molecule is COc1ccc(N)c(C(=O)CCc2ccnn2C)c1. The van der Waals surface area contributed by atoms with Crippen molar-refractivity contribution in [2.24, 2.45) is 7.05 Å². The van der Waals surface area contributed by atoms with Crippen molar-refractivity contribution in [2.75, 3.05) is 12.8 Å². The summed E-state index contributed by atoms with van der Waals surface area (Å²) in [5.74, 6) is 0.649. The first-order valence-electron chi connectivity index (χ1n) is 6.05. The molecule has 0 fully saturated rings. The number of nitrogen functional groups attached to an aromatic ring is 1. The smallest absolute Gasteiger partial charge is 0.165 e. The number of nitrogens with two attached hydrogens (primary N) is 1. The molecule has 0 aliphatic rings. The summed E-state index contributed by atoms with van der Waals surface area (Å²) in [7, 11) is 3.43. The number of carbonyl (C=O) groups excluding carboxylic acids is 1. The monoisotopic (exact) mass is 259 g/mol. The lowest BCUT2D eigenvalue weighted by Crippen LogP contribution is -2.07. The molecule has 0 amide bonds. The highest BCUT2D eigenvalue weighted by Crippen LogP contribution is 2.21. The van der Waals surface area contributed by atoms with Crippen molar-refractivity contribution in [1.29, 1.82) is 0 Å². The molecule has 1 aromatic heterocycles. The van der Waals surface area contributed by atoms with Gasteiger partial charge in [0.15, 0.2) is 5.78 Å². The Morgan fingerprint density at radius 2 is 2.21 bits per heavy atom. The van der Waals surface area contributed by atoms with Gasteiger partial charge in [0, 0.05) is 36.6 Å². The van der Waals surface area contributed by atoms with Crippen molar-refractivity contribution >= 4 is 11.5 Å². The number of aromatic nitrogens is 2. The highest BCUT2D eigenvalue weighted by atomic mass is 16.5. The minimum Gasteiger partial charge on any atom is -0.497 e. The van der Waals surface area contributed by atoms with Crippen LogP contribution >= 0.6 is 0 Å². The van der Waals surface area contributed by atoms with E-state index in [-0.39, 0.29) is 5.78 Å². The van der Waals surface area contributed by atoms with Crippen molar-refractivity contribution in [3.63, 3.8) is 0 Å². The molecule has 1 heterocycles. The molecular formula is C14H17N3O2. The van der Waals surface area contributed by atoms with Crippen LogP contribution in [0.1, 0.15) is 22.5 Å².